The molecular weight excluding hydrogens is 448 g/mol. The van der Waals surface area contributed by atoms with E-state index in [1.165, 1.54) is 12.8 Å². The second-order valence-electron chi connectivity index (χ2n) is 8.91. The number of anilines is 2. The summed E-state index contributed by atoms with van der Waals surface area (Å²) in [4.78, 5) is 22.6. The number of nitrogens with zero attached hydrogens (tertiary/aromatic N) is 5. The normalized spacial score (nSPS) is 12.0. The molecule has 0 aliphatic heterocycles. The number of benzene rings is 2. The summed E-state index contributed by atoms with van der Waals surface area (Å²) in [6.45, 7) is 2.21. The number of unbranched alkanes of at least 4 members (excludes halogenated alkanes) is 3. The Labute approximate surface area is 210 Å². The summed E-state index contributed by atoms with van der Waals surface area (Å²) in [7, 11) is 0. The van der Waals surface area contributed by atoms with E-state index in [1.54, 1.807) is 29.2 Å². The molecule has 5 rings (SSSR count). The Balaban J connectivity index is 1.49. The van der Waals surface area contributed by atoms with Crippen LogP contribution < -0.4 is 10.9 Å². The van der Waals surface area contributed by atoms with E-state index in [0.717, 1.165) is 41.6 Å². The van der Waals surface area contributed by atoms with Gasteiger partial charge >= 0.3 is 0 Å². The van der Waals surface area contributed by atoms with Crippen LogP contribution in [0.4, 0.5) is 11.6 Å². The van der Waals surface area contributed by atoms with Gasteiger partial charge in [0.25, 0.3) is 5.56 Å². The molecule has 7 nitrogen and oxygen atoms in total. The van der Waals surface area contributed by atoms with Gasteiger partial charge in [-0.2, -0.15) is 10.1 Å². The van der Waals surface area contributed by atoms with Crippen molar-refractivity contribution < 1.29 is 0 Å². The number of rotatable bonds is 10. The zero-order chi connectivity index (χ0) is 24.7. The number of hydrogen-bond donors (Lipinski definition) is 1. The van der Waals surface area contributed by atoms with Crippen molar-refractivity contribution in [1.29, 1.82) is 0 Å². The molecule has 0 bridgehead atoms. The van der Waals surface area contributed by atoms with E-state index in [-0.39, 0.29) is 11.6 Å². The van der Waals surface area contributed by atoms with E-state index in [9.17, 15) is 4.79 Å². The average molecular weight is 479 g/mol. The van der Waals surface area contributed by atoms with Gasteiger partial charge in [-0.25, -0.2) is 9.67 Å². The van der Waals surface area contributed by atoms with Crippen LogP contribution in [0.25, 0.3) is 16.7 Å². The lowest BCUT2D eigenvalue weighted by molar-refractivity contribution is 0.497. The van der Waals surface area contributed by atoms with Gasteiger partial charge in [0, 0.05) is 35.7 Å². The van der Waals surface area contributed by atoms with Crippen molar-refractivity contribution >= 4 is 22.7 Å². The second-order valence-corrected chi connectivity index (χ2v) is 8.91. The molecule has 0 aliphatic rings. The third-order valence-electron chi connectivity index (χ3n) is 6.39. The first-order chi connectivity index (χ1) is 17.7. The Bertz CT molecular complexity index is 1460. The van der Waals surface area contributed by atoms with Crippen molar-refractivity contribution in [2.45, 2.75) is 45.1 Å². The zero-order valence-corrected chi connectivity index (χ0v) is 20.4. The van der Waals surface area contributed by atoms with Gasteiger partial charge in [-0.05, 0) is 48.4 Å². The van der Waals surface area contributed by atoms with Crippen molar-refractivity contribution in [3.05, 3.63) is 107 Å². The van der Waals surface area contributed by atoms with E-state index in [0.29, 0.717) is 11.6 Å². The summed E-state index contributed by atoms with van der Waals surface area (Å²) in [5.41, 5.74) is 3.52. The van der Waals surface area contributed by atoms with Gasteiger partial charge in [-0.3, -0.25) is 9.36 Å². The summed E-state index contributed by atoms with van der Waals surface area (Å²) < 4.78 is 3.64. The van der Waals surface area contributed by atoms with Crippen molar-refractivity contribution in [3.63, 3.8) is 0 Å². The minimum Gasteiger partial charge on any atom is -0.324 e. The molecule has 36 heavy (non-hydrogen) atoms. The minimum absolute atomic E-state index is 0.0555. The summed E-state index contributed by atoms with van der Waals surface area (Å²) >= 11 is 0. The molecule has 0 aliphatic carbocycles. The lowest BCUT2D eigenvalue weighted by Gasteiger charge is -2.22. The first-order valence-electron chi connectivity index (χ1n) is 12.5. The van der Waals surface area contributed by atoms with Gasteiger partial charge in [-0.15, -0.1) is 0 Å². The first kappa shape index (κ1) is 23.5. The molecule has 0 amide bonds. The Morgan fingerprint density at radius 3 is 2.50 bits per heavy atom. The van der Waals surface area contributed by atoms with Crippen LogP contribution in [0, 0.1) is 0 Å². The Morgan fingerprint density at radius 2 is 1.75 bits per heavy atom. The maximum absolute atomic E-state index is 13.2. The molecule has 0 spiro atoms. The molecule has 0 saturated heterocycles. The minimum atomic E-state index is -0.0876. The van der Waals surface area contributed by atoms with Crippen LogP contribution in [0.2, 0.25) is 0 Å². The molecule has 2 aromatic carbocycles. The van der Waals surface area contributed by atoms with Crippen molar-refractivity contribution in [2.75, 3.05) is 5.32 Å². The highest BCUT2D eigenvalue weighted by Gasteiger charge is 2.18. The molecule has 0 saturated carbocycles. The third kappa shape index (κ3) is 5.20. The Kier molecular flexibility index (Phi) is 7.17. The van der Waals surface area contributed by atoms with Crippen LogP contribution in [0.1, 0.15) is 50.6 Å². The first-order valence-corrected chi connectivity index (χ1v) is 12.5. The molecule has 5 aromatic rings. The van der Waals surface area contributed by atoms with Gasteiger partial charge < -0.3 is 5.32 Å². The second kappa shape index (κ2) is 11.0. The Hall–Kier alpha value is -4.26. The van der Waals surface area contributed by atoms with E-state index >= 15 is 0 Å². The van der Waals surface area contributed by atoms with Crippen molar-refractivity contribution in [1.82, 2.24) is 24.3 Å². The van der Waals surface area contributed by atoms with Gasteiger partial charge in [-0.1, -0.05) is 62.9 Å². The predicted molar refractivity (Wildman–Crippen MR) is 144 cm³/mol. The molecular formula is C29H30N6O. The van der Waals surface area contributed by atoms with Crippen LogP contribution in [0.15, 0.2) is 96.2 Å². The number of pyridine rings is 1. The molecule has 0 fully saturated rings. The molecule has 7 heteroatoms. The maximum Gasteiger partial charge on any atom is 0.252 e. The van der Waals surface area contributed by atoms with E-state index in [4.69, 9.17) is 4.98 Å². The summed E-state index contributed by atoms with van der Waals surface area (Å²) in [5.74, 6) is 0.450. The molecule has 1 N–H and O–H groups in total. The monoisotopic (exact) mass is 478 g/mol. The average Bonchev–Trinajstić information content (AvgIpc) is 3.46. The summed E-state index contributed by atoms with van der Waals surface area (Å²) in [5, 5.41) is 8.39. The SMILES string of the molecule is CCCCCCC(c1ccccc1)n1c(=O)ccc2cnc(Nc3ccc(-n4cccn4)cc3)nc21. The van der Waals surface area contributed by atoms with Crippen molar-refractivity contribution in [3.8, 4) is 5.69 Å². The predicted octanol–water partition coefficient (Wildman–Crippen LogP) is 6.28. The smallest absolute Gasteiger partial charge is 0.252 e. The van der Waals surface area contributed by atoms with Gasteiger partial charge in [0.2, 0.25) is 5.95 Å². The molecule has 3 heterocycles. The van der Waals surface area contributed by atoms with E-state index in [1.807, 2.05) is 59.3 Å². The number of nitrogens with one attached hydrogen (secondary N) is 1. The fraction of sp³-hybridized carbons (Fsp3) is 0.241. The lowest BCUT2D eigenvalue weighted by atomic mass is 9.99. The molecule has 1 atom stereocenters. The van der Waals surface area contributed by atoms with Gasteiger partial charge in [0.15, 0.2) is 0 Å². The van der Waals surface area contributed by atoms with E-state index in [2.05, 4.69) is 34.5 Å². The van der Waals surface area contributed by atoms with Crippen molar-refractivity contribution in [2.24, 2.45) is 0 Å². The van der Waals surface area contributed by atoms with Crippen LogP contribution >= 0.6 is 0 Å². The van der Waals surface area contributed by atoms with Crippen LogP contribution in [-0.2, 0) is 0 Å². The fourth-order valence-electron chi connectivity index (χ4n) is 4.53. The van der Waals surface area contributed by atoms with Crippen LogP contribution in [0.3, 0.4) is 0 Å². The number of fused-ring (bicyclic) bond motifs is 1. The summed E-state index contributed by atoms with van der Waals surface area (Å²) in [6.07, 6.45) is 10.9. The zero-order valence-electron chi connectivity index (χ0n) is 20.4. The van der Waals surface area contributed by atoms with E-state index < -0.39 is 0 Å². The fourth-order valence-corrected chi connectivity index (χ4v) is 4.53. The lowest BCUT2D eigenvalue weighted by Crippen LogP contribution is -2.26. The highest BCUT2D eigenvalue weighted by molar-refractivity contribution is 5.76. The highest BCUT2D eigenvalue weighted by atomic mass is 16.1. The maximum atomic E-state index is 13.2. The molecule has 3 aromatic heterocycles. The highest BCUT2D eigenvalue weighted by Crippen LogP contribution is 2.27. The number of hydrogen-bond acceptors (Lipinski definition) is 5. The van der Waals surface area contributed by atoms with Gasteiger partial charge in [0.1, 0.15) is 5.65 Å². The molecule has 182 valence electrons. The van der Waals surface area contributed by atoms with Crippen LogP contribution in [0.5, 0.6) is 0 Å². The number of aromatic nitrogens is 5. The molecule has 0 radical (unpaired) electrons. The Morgan fingerprint density at radius 1 is 0.917 bits per heavy atom. The standard InChI is InChI=1S/C29H30N6O/c1-2-3-4-8-12-26(22-10-6-5-7-11-22)35-27(36)18-13-23-21-30-29(33-28(23)35)32-24-14-16-25(17-15-24)34-20-9-19-31-34/h5-7,9-11,13-21,26H,2-4,8,12H2,1H3,(H,30,32,33). The topological polar surface area (TPSA) is 77.6 Å². The van der Waals surface area contributed by atoms with Gasteiger partial charge in [0.05, 0.1) is 11.7 Å². The molecule has 1 unspecified atom stereocenters. The third-order valence-corrected chi connectivity index (χ3v) is 6.39. The quantitative estimate of drug-likeness (QED) is 0.239. The van der Waals surface area contributed by atoms with Crippen LogP contribution in [-0.4, -0.2) is 24.3 Å². The summed E-state index contributed by atoms with van der Waals surface area (Å²) in [6, 6.07) is 23.4. The largest absolute Gasteiger partial charge is 0.324 e.